The van der Waals surface area contributed by atoms with E-state index in [1.165, 1.54) is 0 Å². The fourth-order valence-corrected chi connectivity index (χ4v) is 7.56. The SMILES string of the molecule is CO[C@]1(C)C[C@@H](C)CN(C)C(C2CN(C(=O)C(C)(C)N(C)C)C2)COC(=O)C(C)(C)C(=O)[C@H](C)[C@H]1O[C@@H]1O[C@H](C)C[C@H](N(C)C)[C@H]1O. The molecule has 3 aliphatic rings. The van der Waals surface area contributed by atoms with Crippen molar-refractivity contribution in [2.75, 3.05) is 68.6 Å². The lowest BCUT2D eigenvalue weighted by molar-refractivity contribution is -0.295. The van der Waals surface area contributed by atoms with Crippen molar-refractivity contribution in [1.29, 1.82) is 0 Å². The fourth-order valence-electron chi connectivity index (χ4n) is 7.56. The summed E-state index contributed by atoms with van der Waals surface area (Å²) in [5.41, 5.74) is -3.06. The highest BCUT2D eigenvalue weighted by Crippen LogP contribution is 2.39. The molecular weight excluding hydrogens is 604 g/mol. The number of likely N-dealkylation sites (tertiary alicyclic amines) is 1. The second-order valence-corrected chi connectivity index (χ2v) is 16.3. The van der Waals surface area contributed by atoms with Gasteiger partial charge in [0, 0.05) is 50.7 Å². The maximum Gasteiger partial charge on any atom is 0.319 e. The first-order valence-electron chi connectivity index (χ1n) is 17.2. The van der Waals surface area contributed by atoms with E-state index in [1.807, 2.05) is 77.6 Å². The number of aliphatic hydroxyl groups excluding tert-OH is 1. The number of carbonyl (C=O) groups excluding carboxylic acids is 3. The Labute approximate surface area is 283 Å². The van der Waals surface area contributed by atoms with Crippen molar-refractivity contribution >= 4 is 17.7 Å². The van der Waals surface area contributed by atoms with Gasteiger partial charge in [-0.1, -0.05) is 13.8 Å². The summed E-state index contributed by atoms with van der Waals surface area (Å²) in [5.74, 6) is -1.47. The Morgan fingerprint density at radius 2 is 1.64 bits per heavy atom. The molecule has 0 radical (unpaired) electrons. The van der Waals surface area contributed by atoms with Crippen LogP contribution in [-0.4, -0.2) is 159 Å². The second kappa shape index (κ2) is 15.1. The van der Waals surface area contributed by atoms with Crippen molar-refractivity contribution in [2.45, 2.75) is 116 Å². The Balaban J connectivity index is 1.93. The van der Waals surface area contributed by atoms with Crippen molar-refractivity contribution < 1.29 is 38.4 Å². The summed E-state index contributed by atoms with van der Waals surface area (Å²) in [6, 6.07) is -0.339. The molecule has 0 aliphatic carbocycles. The predicted octanol–water partition coefficient (Wildman–Crippen LogP) is 2.12. The number of nitrogens with zero attached hydrogens (tertiary/aromatic N) is 4. The number of Topliss-reactive ketones (excluding diaryl/α,β-unsaturated/α-hetero) is 1. The van der Waals surface area contributed by atoms with Crippen molar-refractivity contribution in [1.82, 2.24) is 19.6 Å². The zero-order chi connectivity index (χ0) is 35.8. The first kappa shape index (κ1) is 39.8. The standard InChI is InChI=1S/C35H64N4O8/c1-21-16-35(8,44-14)29(47-30-27(40)25(36(9)10)15-22(2)46-30)23(3)28(41)33(4,5)32(43)45-20-26(38(13)17-21)24-18-39(19-24)31(42)34(6,7)37(11)12/h21-27,29-30,40H,15-20H2,1-14H3/t21-,22-,23+,25+,26?,27-,29-,30+,35-/m1/s1. The van der Waals surface area contributed by atoms with Crippen LogP contribution in [0.4, 0.5) is 0 Å². The number of ether oxygens (including phenoxy) is 4. The van der Waals surface area contributed by atoms with Crippen LogP contribution >= 0.6 is 0 Å². The van der Waals surface area contributed by atoms with E-state index in [1.54, 1.807) is 27.9 Å². The molecule has 1 N–H and O–H groups in total. The van der Waals surface area contributed by atoms with E-state index in [2.05, 4.69) is 11.8 Å². The lowest BCUT2D eigenvalue weighted by Crippen LogP contribution is -2.64. The first-order chi connectivity index (χ1) is 21.6. The minimum atomic E-state index is -1.47. The Kier molecular flexibility index (Phi) is 12.7. The van der Waals surface area contributed by atoms with Crippen LogP contribution in [-0.2, 0) is 33.3 Å². The molecule has 47 heavy (non-hydrogen) atoms. The van der Waals surface area contributed by atoms with E-state index in [4.69, 9.17) is 18.9 Å². The van der Waals surface area contributed by atoms with E-state index in [0.717, 1.165) is 0 Å². The summed E-state index contributed by atoms with van der Waals surface area (Å²) < 4.78 is 24.9. The normalized spacial score (nSPS) is 37.2. The molecule has 0 spiro atoms. The molecule has 3 aliphatic heterocycles. The van der Waals surface area contributed by atoms with E-state index >= 15 is 0 Å². The lowest BCUT2D eigenvalue weighted by atomic mass is 9.74. The van der Waals surface area contributed by atoms with Crippen molar-refractivity contribution in [2.24, 2.45) is 23.2 Å². The molecule has 0 aromatic carbocycles. The zero-order valence-corrected chi connectivity index (χ0v) is 31.5. The fraction of sp³-hybridized carbons (Fsp3) is 0.914. The summed E-state index contributed by atoms with van der Waals surface area (Å²) in [6.45, 7) is 16.7. The molecule has 12 nitrogen and oxygen atoms in total. The van der Waals surface area contributed by atoms with Gasteiger partial charge in [0.15, 0.2) is 12.1 Å². The average Bonchev–Trinajstić information content (AvgIpc) is 2.95. The zero-order valence-electron chi connectivity index (χ0n) is 31.5. The van der Waals surface area contributed by atoms with Gasteiger partial charge in [-0.25, -0.2) is 0 Å². The molecule has 9 atom stereocenters. The summed E-state index contributed by atoms with van der Waals surface area (Å²) in [6.07, 6.45) is -1.77. The smallest absolute Gasteiger partial charge is 0.319 e. The Bertz CT molecular complexity index is 1110. The van der Waals surface area contributed by atoms with E-state index < -0.39 is 46.9 Å². The quantitative estimate of drug-likeness (QED) is 0.317. The number of carbonyl (C=O) groups is 3. The minimum Gasteiger partial charge on any atom is -0.463 e. The van der Waals surface area contributed by atoms with Crippen LogP contribution in [0.3, 0.4) is 0 Å². The van der Waals surface area contributed by atoms with Gasteiger partial charge >= 0.3 is 5.97 Å². The molecule has 0 aromatic heterocycles. The number of methoxy groups -OCH3 is 1. The van der Waals surface area contributed by atoms with Crippen LogP contribution < -0.4 is 0 Å². The molecule has 3 heterocycles. The topological polar surface area (TPSA) is 121 Å². The number of hydrogen-bond acceptors (Lipinski definition) is 11. The van der Waals surface area contributed by atoms with E-state index in [-0.39, 0.29) is 48.3 Å². The summed E-state index contributed by atoms with van der Waals surface area (Å²) >= 11 is 0. The number of aliphatic hydroxyl groups is 1. The van der Waals surface area contributed by atoms with Crippen molar-refractivity contribution in [3.05, 3.63) is 0 Å². The molecule has 0 saturated carbocycles. The van der Waals surface area contributed by atoms with Gasteiger partial charge in [0.2, 0.25) is 5.91 Å². The number of hydrogen-bond donors (Lipinski definition) is 1. The van der Waals surface area contributed by atoms with E-state index in [9.17, 15) is 19.5 Å². The van der Waals surface area contributed by atoms with Gasteiger partial charge in [0.25, 0.3) is 0 Å². The van der Waals surface area contributed by atoms with Crippen LogP contribution in [0.5, 0.6) is 0 Å². The number of rotatable bonds is 7. The van der Waals surface area contributed by atoms with Gasteiger partial charge in [-0.15, -0.1) is 0 Å². The van der Waals surface area contributed by atoms with Crippen LogP contribution in [0.2, 0.25) is 0 Å². The number of esters is 1. The molecular formula is C35H64N4O8. The maximum absolute atomic E-state index is 14.2. The summed E-state index contributed by atoms with van der Waals surface area (Å²) in [4.78, 5) is 49.1. The van der Waals surface area contributed by atoms with E-state index in [0.29, 0.717) is 32.5 Å². The largest absolute Gasteiger partial charge is 0.463 e. The highest BCUT2D eigenvalue weighted by molar-refractivity contribution is 6.04. The van der Waals surface area contributed by atoms with Gasteiger partial charge in [-0.05, 0) is 95.5 Å². The molecule has 272 valence electrons. The Morgan fingerprint density at radius 1 is 1.04 bits per heavy atom. The Hall–Kier alpha value is -1.67. The molecule has 3 saturated heterocycles. The average molecular weight is 669 g/mol. The Morgan fingerprint density at radius 3 is 2.17 bits per heavy atom. The molecule has 1 amide bonds. The number of likely N-dealkylation sites (N-methyl/N-ethyl adjacent to an activating group) is 3. The number of amides is 1. The monoisotopic (exact) mass is 668 g/mol. The van der Waals surface area contributed by atoms with Gasteiger partial charge in [0.05, 0.1) is 23.3 Å². The molecule has 3 rings (SSSR count). The molecule has 3 fully saturated rings. The van der Waals surface area contributed by atoms with Crippen LogP contribution in [0, 0.1) is 23.2 Å². The summed E-state index contributed by atoms with van der Waals surface area (Å²) in [7, 11) is 11.3. The molecule has 12 heteroatoms. The lowest BCUT2D eigenvalue weighted by Gasteiger charge is -2.49. The van der Waals surface area contributed by atoms with Gasteiger partial charge in [-0.3, -0.25) is 24.2 Å². The van der Waals surface area contributed by atoms with Crippen LogP contribution in [0.15, 0.2) is 0 Å². The van der Waals surface area contributed by atoms with Crippen LogP contribution in [0.25, 0.3) is 0 Å². The highest BCUT2D eigenvalue weighted by atomic mass is 16.7. The molecule has 0 aromatic rings. The third-order valence-corrected chi connectivity index (χ3v) is 11.3. The molecule has 1 unspecified atom stereocenters. The van der Waals surface area contributed by atoms with Gasteiger partial charge < -0.3 is 33.9 Å². The van der Waals surface area contributed by atoms with Gasteiger partial charge in [0.1, 0.15) is 18.1 Å². The minimum absolute atomic E-state index is 0.0670. The second-order valence-electron chi connectivity index (χ2n) is 16.3. The van der Waals surface area contributed by atoms with Crippen LogP contribution in [0.1, 0.15) is 68.2 Å². The van der Waals surface area contributed by atoms with Crippen molar-refractivity contribution in [3.63, 3.8) is 0 Å². The number of ketones is 1. The maximum atomic E-state index is 14.2. The van der Waals surface area contributed by atoms with Crippen molar-refractivity contribution in [3.8, 4) is 0 Å². The molecule has 0 bridgehead atoms. The van der Waals surface area contributed by atoms with Gasteiger partial charge in [-0.2, -0.15) is 0 Å². The number of cyclic esters (lactones) is 1. The third kappa shape index (κ3) is 8.38. The third-order valence-electron chi connectivity index (χ3n) is 11.3. The highest BCUT2D eigenvalue weighted by Gasteiger charge is 2.52. The first-order valence-corrected chi connectivity index (χ1v) is 17.2. The predicted molar refractivity (Wildman–Crippen MR) is 180 cm³/mol. The summed E-state index contributed by atoms with van der Waals surface area (Å²) in [5, 5.41) is 11.3.